The van der Waals surface area contributed by atoms with Gasteiger partial charge in [0.25, 0.3) is 10.0 Å². The first-order valence-electron chi connectivity index (χ1n) is 3.39. The molecule has 1 fully saturated rings. The van der Waals surface area contributed by atoms with Crippen LogP contribution in [-0.2, 0) is 12.3 Å². The SMILES string of the molecule is C[Si]1(C)O[SiH2]O[Si](C)(C)O1. The second-order valence-electron chi connectivity index (χ2n) is 3.31. The maximum atomic E-state index is 5.73. The number of rotatable bonds is 0. The van der Waals surface area contributed by atoms with Gasteiger partial charge in [-0.05, 0) is 26.2 Å². The molecule has 0 atom stereocenters. The highest BCUT2D eigenvalue weighted by atomic mass is 28.5. The lowest BCUT2D eigenvalue weighted by atomic mass is 11.9. The minimum absolute atomic E-state index is 0.701. The summed E-state index contributed by atoms with van der Waals surface area (Å²) in [5.41, 5.74) is 0. The first kappa shape index (κ1) is 8.63. The highest BCUT2D eigenvalue weighted by Gasteiger charge is 2.40. The van der Waals surface area contributed by atoms with Crippen LogP contribution in [0.15, 0.2) is 0 Å². The molecule has 0 aliphatic carbocycles. The molecular formula is C4H14O3Si3. The molecular weight excluding hydrogens is 180 g/mol. The third-order valence-corrected chi connectivity index (χ3v) is 11.7. The Morgan fingerprint density at radius 3 is 1.50 bits per heavy atom. The zero-order valence-corrected chi connectivity index (χ0v) is 10.3. The molecule has 1 aliphatic rings. The molecule has 60 valence electrons. The summed E-state index contributed by atoms with van der Waals surface area (Å²) >= 11 is 0. The van der Waals surface area contributed by atoms with Gasteiger partial charge >= 0.3 is 17.1 Å². The summed E-state index contributed by atoms with van der Waals surface area (Å²) in [5.74, 6) is 0. The lowest BCUT2D eigenvalue weighted by Crippen LogP contribution is -2.55. The van der Waals surface area contributed by atoms with Crippen molar-refractivity contribution >= 4 is 27.1 Å². The molecule has 1 rings (SSSR count). The molecule has 0 bridgehead atoms. The van der Waals surface area contributed by atoms with Gasteiger partial charge in [-0.15, -0.1) is 0 Å². The van der Waals surface area contributed by atoms with Crippen LogP contribution in [0, 0.1) is 0 Å². The van der Waals surface area contributed by atoms with Gasteiger partial charge in [-0.2, -0.15) is 0 Å². The molecule has 0 unspecified atom stereocenters. The minimum atomic E-state index is -1.73. The summed E-state index contributed by atoms with van der Waals surface area (Å²) in [7, 11) is -4.16. The van der Waals surface area contributed by atoms with Gasteiger partial charge in [0.05, 0.1) is 0 Å². The Balaban J connectivity index is 2.56. The second kappa shape index (κ2) is 2.54. The zero-order chi connectivity index (χ0) is 7.83. The molecule has 6 heteroatoms. The smallest absolute Gasteiger partial charge is 0.313 e. The average Bonchev–Trinajstić information content (AvgIpc) is 1.56. The van der Waals surface area contributed by atoms with Crippen LogP contribution < -0.4 is 0 Å². The van der Waals surface area contributed by atoms with E-state index in [1.165, 1.54) is 0 Å². The van der Waals surface area contributed by atoms with E-state index in [0.717, 1.165) is 0 Å². The van der Waals surface area contributed by atoms with Crippen molar-refractivity contribution in [1.82, 2.24) is 0 Å². The first-order chi connectivity index (χ1) is 4.41. The van der Waals surface area contributed by atoms with E-state index in [0.29, 0.717) is 0 Å². The van der Waals surface area contributed by atoms with Gasteiger partial charge in [-0.3, -0.25) is 0 Å². The van der Waals surface area contributed by atoms with Crippen molar-refractivity contribution in [2.75, 3.05) is 0 Å². The lowest BCUT2D eigenvalue weighted by molar-refractivity contribution is 0.271. The summed E-state index contributed by atoms with van der Waals surface area (Å²) in [6.45, 7) is 8.32. The van der Waals surface area contributed by atoms with Gasteiger partial charge in [0.1, 0.15) is 0 Å². The average molecular weight is 194 g/mol. The number of hydrogen-bond acceptors (Lipinski definition) is 3. The molecule has 0 aromatic heterocycles. The summed E-state index contributed by atoms with van der Waals surface area (Å²) in [5, 5.41) is 0. The van der Waals surface area contributed by atoms with Crippen LogP contribution in [0.5, 0.6) is 0 Å². The Bertz CT molecular complexity index is 122. The maximum Gasteiger partial charge on any atom is 0.313 e. The summed E-state index contributed by atoms with van der Waals surface area (Å²) in [4.78, 5) is 0. The van der Waals surface area contributed by atoms with E-state index >= 15 is 0 Å². The van der Waals surface area contributed by atoms with Crippen LogP contribution in [0.25, 0.3) is 0 Å². The Morgan fingerprint density at radius 2 is 1.30 bits per heavy atom. The Labute approximate surface area is 66.2 Å². The third kappa shape index (κ3) is 2.29. The van der Waals surface area contributed by atoms with E-state index in [2.05, 4.69) is 26.2 Å². The van der Waals surface area contributed by atoms with Crippen molar-refractivity contribution in [2.45, 2.75) is 26.2 Å². The quantitative estimate of drug-likeness (QED) is 0.524. The van der Waals surface area contributed by atoms with Crippen molar-refractivity contribution in [1.29, 1.82) is 0 Å². The molecule has 0 aromatic rings. The maximum absolute atomic E-state index is 5.73. The molecule has 3 nitrogen and oxygen atoms in total. The summed E-state index contributed by atoms with van der Waals surface area (Å²) < 4.78 is 16.7. The van der Waals surface area contributed by atoms with Crippen LogP contribution in [-0.4, -0.2) is 27.1 Å². The minimum Gasteiger partial charge on any atom is -0.420 e. The van der Waals surface area contributed by atoms with Gasteiger partial charge in [0.2, 0.25) is 0 Å². The summed E-state index contributed by atoms with van der Waals surface area (Å²) in [6.07, 6.45) is 0. The molecule has 0 spiro atoms. The molecule has 0 saturated carbocycles. The molecule has 1 aliphatic heterocycles. The normalized spacial score (nSPS) is 30.0. The fraction of sp³-hybridized carbons (Fsp3) is 1.00. The molecule has 0 amide bonds. The van der Waals surface area contributed by atoms with E-state index in [9.17, 15) is 0 Å². The predicted molar refractivity (Wildman–Crippen MR) is 46.8 cm³/mol. The highest BCUT2D eigenvalue weighted by molar-refractivity contribution is 6.84. The molecule has 1 saturated heterocycles. The monoisotopic (exact) mass is 194 g/mol. The molecule has 10 heavy (non-hydrogen) atoms. The van der Waals surface area contributed by atoms with E-state index in [-0.39, 0.29) is 0 Å². The van der Waals surface area contributed by atoms with Crippen LogP contribution >= 0.6 is 0 Å². The fourth-order valence-corrected chi connectivity index (χ4v) is 10.3. The van der Waals surface area contributed by atoms with E-state index in [1.807, 2.05) is 0 Å². The Hall–Kier alpha value is 0.531. The second-order valence-corrected chi connectivity index (χ2v) is 12.3. The van der Waals surface area contributed by atoms with Crippen molar-refractivity contribution in [3.63, 3.8) is 0 Å². The molecule has 1 heterocycles. The Morgan fingerprint density at radius 1 is 0.900 bits per heavy atom. The third-order valence-electron chi connectivity index (χ3n) is 1.30. The molecule has 0 N–H and O–H groups in total. The van der Waals surface area contributed by atoms with Gasteiger partial charge in [-0.25, -0.2) is 0 Å². The van der Waals surface area contributed by atoms with Gasteiger partial charge < -0.3 is 12.3 Å². The number of hydrogen-bond donors (Lipinski definition) is 0. The van der Waals surface area contributed by atoms with Crippen LogP contribution in [0.2, 0.25) is 26.2 Å². The van der Waals surface area contributed by atoms with E-state index in [4.69, 9.17) is 12.3 Å². The largest absolute Gasteiger partial charge is 0.420 e. The van der Waals surface area contributed by atoms with Crippen molar-refractivity contribution in [3.05, 3.63) is 0 Å². The standard InChI is InChI=1S/C4H14O3Si3/c1-9(2)5-8-6-10(3,4)7-9/h8H2,1-4H3. The predicted octanol–water partition coefficient (Wildman–Crippen LogP) is 0.452. The lowest BCUT2D eigenvalue weighted by Gasteiger charge is -2.38. The highest BCUT2D eigenvalue weighted by Crippen LogP contribution is 2.20. The van der Waals surface area contributed by atoms with Crippen LogP contribution in [0.1, 0.15) is 0 Å². The van der Waals surface area contributed by atoms with E-state index < -0.39 is 27.1 Å². The molecule has 0 aromatic carbocycles. The van der Waals surface area contributed by atoms with Crippen molar-refractivity contribution in [3.8, 4) is 0 Å². The first-order valence-corrected chi connectivity index (χ1v) is 10.2. The van der Waals surface area contributed by atoms with Gasteiger partial charge in [0, 0.05) is 0 Å². The topological polar surface area (TPSA) is 27.7 Å². The van der Waals surface area contributed by atoms with Gasteiger partial charge in [-0.1, -0.05) is 0 Å². The fourth-order valence-electron chi connectivity index (χ4n) is 0.964. The van der Waals surface area contributed by atoms with Gasteiger partial charge in [0.15, 0.2) is 0 Å². The van der Waals surface area contributed by atoms with Crippen molar-refractivity contribution in [2.24, 2.45) is 0 Å². The van der Waals surface area contributed by atoms with Crippen LogP contribution in [0.4, 0.5) is 0 Å². The molecule has 0 radical (unpaired) electrons. The zero-order valence-electron chi connectivity index (χ0n) is 6.93. The van der Waals surface area contributed by atoms with E-state index in [1.54, 1.807) is 0 Å². The van der Waals surface area contributed by atoms with Crippen LogP contribution in [0.3, 0.4) is 0 Å². The van der Waals surface area contributed by atoms with Crippen molar-refractivity contribution < 1.29 is 12.3 Å². The Kier molecular flexibility index (Phi) is 2.19. The summed E-state index contributed by atoms with van der Waals surface area (Å²) in [6, 6.07) is 0.